The Balaban J connectivity index is 1.86. The molecule has 0 aliphatic heterocycles. The first kappa shape index (κ1) is 17.1. The lowest BCUT2D eigenvalue weighted by atomic mass is 9.46. The summed E-state index contributed by atoms with van der Waals surface area (Å²) < 4.78 is 0. The van der Waals surface area contributed by atoms with E-state index in [0.29, 0.717) is 31.3 Å². The Morgan fingerprint density at radius 3 is 2.69 bits per heavy atom. The molecule has 142 valence electrons. The van der Waals surface area contributed by atoms with Gasteiger partial charge in [-0.05, 0) is 66.4 Å². The number of hydrogen-bond donors (Lipinski definition) is 4. The van der Waals surface area contributed by atoms with E-state index < -0.39 is 35.6 Å². The Labute approximate surface area is 153 Å². The van der Waals surface area contributed by atoms with Gasteiger partial charge in [0.25, 0.3) is 0 Å². The molecule has 0 radical (unpaired) electrons. The zero-order valence-electron chi connectivity index (χ0n) is 15.4. The Kier molecular flexibility index (Phi) is 3.21. The third-order valence-electron chi connectivity index (χ3n) is 8.95. The molecular weight excluding hydrogens is 332 g/mol. The van der Waals surface area contributed by atoms with E-state index in [1.807, 2.05) is 6.92 Å². The Bertz CT molecular complexity index is 768. The topological polar surface area (TPSA) is 98.0 Å². The summed E-state index contributed by atoms with van der Waals surface area (Å²) in [6.45, 7) is 3.36. The molecule has 0 heterocycles. The number of rotatable bonds is 2. The van der Waals surface area contributed by atoms with E-state index in [9.17, 15) is 25.2 Å². The minimum absolute atomic E-state index is 0.0733. The molecule has 26 heavy (non-hydrogen) atoms. The number of hydrogen-bond acceptors (Lipinski definition) is 5. The largest absolute Gasteiger partial charge is 0.393 e. The van der Waals surface area contributed by atoms with Crippen LogP contribution in [0.5, 0.6) is 0 Å². The molecule has 0 spiro atoms. The summed E-state index contributed by atoms with van der Waals surface area (Å²) in [5, 5.41) is 43.5. The number of aliphatic hydroxyl groups is 4. The summed E-state index contributed by atoms with van der Waals surface area (Å²) in [5.74, 6) is -0.214. The van der Waals surface area contributed by atoms with E-state index in [2.05, 4.69) is 13.0 Å². The van der Waals surface area contributed by atoms with Gasteiger partial charge in [-0.2, -0.15) is 0 Å². The summed E-state index contributed by atoms with van der Waals surface area (Å²) in [4.78, 5) is 12.8. The predicted molar refractivity (Wildman–Crippen MR) is 93.9 cm³/mol. The number of ketones is 1. The quantitative estimate of drug-likeness (QED) is 0.553. The maximum atomic E-state index is 12.8. The van der Waals surface area contributed by atoms with Crippen molar-refractivity contribution in [2.24, 2.45) is 28.6 Å². The maximum Gasteiger partial charge on any atom is 0.194 e. The lowest BCUT2D eigenvalue weighted by molar-refractivity contribution is -0.172. The van der Waals surface area contributed by atoms with Crippen LogP contribution in [0.15, 0.2) is 22.8 Å². The van der Waals surface area contributed by atoms with Crippen LogP contribution in [0.1, 0.15) is 46.0 Å². The predicted octanol–water partition coefficient (Wildman–Crippen LogP) is 1.10. The molecule has 3 fully saturated rings. The Morgan fingerprint density at radius 1 is 1.27 bits per heavy atom. The number of aliphatic hydroxyl groups excluding tert-OH is 3. The molecule has 0 aromatic heterocycles. The fourth-order valence-electron chi connectivity index (χ4n) is 7.82. The van der Waals surface area contributed by atoms with Crippen LogP contribution in [0.2, 0.25) is 0 Å². The molecule has 5 nitrogen and oxygen atoms in total. The molecule has 5 aliphatic rings. The summed E-state index contributed by atoms with van der Waals surface area (Å²) in [6.07, 6.45) is 3.81. The second kappa shape index (κ2) is 4.88. The molecule has 0 aromatic rings. The Morgan fingerprint density at radius 2 is 2.00 bits per heavy atom. The van der Waals surface area contributed by atoms with Crippen molar-refractivity contribution in [3.05, 3.63) is 22.8 Å². The van der Waals surface area contributed by atoms with Crippen molar-refractivity contribution in [2.75, 3.05) is 6.61 Å². The van der Waals surface area contributed by atoms with E-state index in [1.165, 1.54) is 5.57 Å². The van der Waals surface area contributed by atoms with Crippen molar-refractivity contribution in [1.29, 1.82) is 0 Å². The number of carbonyl (C=O) groups is 1. The highest BCUT2D eigenvalue weighted by molar-refractivity contribution is 5.93. The van der Waals surface area contributed by atoms with Gasteiger partial charge in [0.05, 0.1) is 12.2 Å². The standard InChI is InChI=1S/C21H28O5/c1-19-7-12-14-6-13-11(4-3-10(19)5-15(12)23)18(19)16(24)8-20(13,2)21(14,26)17(25)9-22/h3,11,13,15-16,18,22-24,26H,4-9H2,1-2H3/t11-,13-,15?,16?,18+,19-,20-,21-/m0/s1. The molecule has 3 saturated carbocycles. The fourth-order valence-corrected chi connectivity index (χ4v) is 7.82. The Hall–Kier alpha value is -1.01. The first-order valence-corrected chi connectivity index (χ1v) is 9.83. The smallest absolute Gasteiger partial charge is 0.194 e. The SMILES string of the molecule is C[C@]12CC3=C4C[C@H]5[C@H](CC=C1CC3O)[C@@H]2C(O)C[C@]5(C)[C@@]4(O)C(=O)CO. The third-order valence-corrected chi connectivity index (χ3v) is 8.95. The van der Waals surface area contributed by atoms with Gasteiger partial charge < -0.3 is 20.4 Å². The number of Topliss-reactive ketones (excluding diaryl/α,β-unsaturated/α-hetero) is 1. The van der Waals surface area contributed by atoms with Crippen LogP contribution in [-0.4, -0.2) is 50.6 Å². The zero-order chi connectivity index (χ0) is 18.6. The molecule has 6 bridgehead atoms. The maximum absolute atomic E-state index is 12.8. The van der Waals surface area contributed by atoms with Crippen molar-refractivity contribution >= 4 is 5.78 Å². The molecule has 8 atom stereocenters. The molecule has 0 saturated heterocycles. The van der Waals surface area contributed by atoms with Gasteiger partial charge in [-0.25, -0.2) is 0 Å². The van der Waals surface area contributed by atoms with Crippen LogP contribution in [0, 0.1) is 28.6 Å². The van der Waals surface area contributed by atoms with E-state index in [-0.39, 0.29) is 23.2 Å². The van der Waals surface area contributed by atoms with Crippen LogP contribution in [0.25, 0.3) is 0 Å². The van der Waals surface area contributed by atoms with Crippen molar-refractivity contribution in [2.45, 2.75) is 63.8 Å². The highest BCUT2D eigenvalue weighted by Crippen LogP contribution is 2.71. The first-order chi connectivity index (χ1) is 12.2. The van der Waals surface area contributed by atoms with Gasteiger partial charge >= 0.3 is 0 Å². The highest BCUT2D eigenvalue weighted by Gasteiger charge is 2.72. The van der Waals surface area contributed by atoms with Crippen LogP contribution < -0.4 is 0 Å². The monoisotopic (exact) mass is 360 g/mol. The molecule has 2 unspecified atom stereocenters. The normalized spacial score (nSPS) is 54.2. The molecule has 0 aromatic carbocycles. The molecule has 5 rings (SSSR count). The van der Waals surface area contributed by atoms with Gasteiger partial charge in [-0.3, -0.25) is 4.79 Å². The first-order valence-electron chi connectivity index (χ1n) is 9.83. The lowest BCUT2D eigenvalue weighted by Gasteiger charge is -2.59. The van der Waals surface area contributed by atoms with Crippen LogP contribution >= 0.6 is 0 Å². The van der Waals surface area contributed by atoms with Crippen molar-refractivity contribution in [3.63, 3.8) is 0 Å². The van der Waals surface area contributed by atoms with Crippen LogP contribution in [0.4, 0.5) is 0 Å². The summed E-state index contributed by atoms with van der Waals surface area (Å²) in [7, 11) is 0. The van der Waals surface area contributed by atoms with Gasteiger partial charge in [-0.15, -0.1) is 0 Å². The van der Waals surface area contributed by atoms with Gasteiger partial charge in [0.2, 0.25) is 0 Å². The second-order valence-electron chi connectivity index (χ2n) is 9.76. The minimum atomic E-state index is -1.79. The highest BCUT2D eigenvalue weighted by atomic mass is 16.3. The molecular formula is C21H28O5. The van der Waals surface area contributed by atoms with Crippen LogP contribution in [-0.2, 0) is 4.79 Å². The van der Waals surface area contributed by atoms with E-state index in [4.69, 9.17) is 0 Å². The molecule has 0 amide bonds. The summed E-state index contributed by atoms with van der Waals surface area (Å²) in [6, 6.07) is 0. The minimum Gasteiger partial charge on any atom is -0.393 e. The van der Waals surface area contributed by atoms with Gasteiger partial charge in [0.1, 0.15) is 6.61 Å². The molecule has 4 N–H and O–H groups in total. The van der Waals surface area contributed by atoms with Crippen molar-refractivity contribution < 1.29 is 25.2 Å². The summed E-state index contributed by atoms with van der Waals surface area (Å²) >= 11 is 0. The lowest BCUT2D eigenvalue weighted by Crippen LogP contribution is -2.61. The second-order valence-corrected chi connectivity index (χ2v) is 9.76. The van der Waals surface area contributed by atoms with Crippen molar-refractivity contribution in [1.82, 2.24) is 0 Å². The van der Waals surface area contributed by atoms with Crippen molar-refractivity contribution in [3.8, 4) is 0 Å². The van der Waals surface area contributed by atoms with Gasteiger partial charge in [0.15, 0.2) is 11.4 Å². The number of allylic oxidation sites excluding steroid dienone is 1. The van der Waals surface area contributed by atoms with E-state index in [1.54, 1.807) is 0 Å². The average Bonchev–Trinajstić information content (AvgIpc) is 2.83. The summed E-state index contributed by atoms with van der Waals surface area (Å²) in [5.41, 5.74) is -0.190. The third kappa shape index (κ3) is 1.61. The van der Waals surface area contributed by atoms with E-state index >= 15 is 0 Å². The fraction of sp³-hybridized carbons (Fsp3) is 0.762. The van der Waals surface area contributed by atoms with Gasteiger partial charge in [-0.1, -0.05) is 25.5 Å². The number of fused-ring (bicyclic) bond motifs is 2. The van der Waals surface area contributed by atoms with Gasteiger partial charge in [0, 0.05) is 5.41 Å². The molecule has 5 heteroatoms. The average molecular weight is 360 g/mol. The van der Waals surface area contributed by atoms with Crippen LogP contribution in [0.3, 0.4) is 0 Å². The van der Waals surface area contributed by atoms with E-state index in [0.717, 1.165) is 12.0 Å². The zero-order valence-corrected chi connectivity index (χ0v) is 15.4. The molecule has 5 aliphatic carbocycles. The number of carbonyl (C=O) groups excluding carboxylic acids is 1.